The number of nitrogens with one attached hydrogen (secondary N) is 1. The summed E-state index contributed by atoms with van der Waals surface area (Å²) >= 11 is 0. The molecule has 8 heteroatoms. The van der Waals surface area contributed by atoms with Gasteiger partial charge in [-0.1, -0.05) is 13.8 Å². The van der Waals surface area contributed by atoms with Gasteiger partial charge in [0.1, 0.15) is 17.5 Å². The van der Waals surface area contributed by atoms with Gasteiger partial charge in [0, 0.05) is 19.0 Å². The predicted octanol–water partition coefficient (Wildman–Crippen LogP) is -0.362. The maximum absolute atomic E-state index is 11.1. The SMILES string of the molecule is CCCNc1cc(N(CC(N)=O)CC(N)=O)nc(CC)n1. The Labute approximate surface area is 123 Å². The molecule has 2 amide bonds. The third-order valence-corrected chi connectivity index (χ3v) is 2.65. The molecule has 0 radical (unpaired) electrons. The lowest BCUT2D eigenvalue weighted by Gasteiger charge is -2.21. The van der Waals surface area contributed by atoms with E-state index in [1.807, 2.05) is 13.8 Å². The largest absolute Gasteiger partial charge is 0.370 e. The number of rotatable bonds is 9. The van der Waals surface area contributed by atoms with E-state index in [1.54, 1.807) is 6.07 Å². The number of amides is 2. The fourth-order valence-electron chi connectivity index (χ4n) is 1.74. The highest BCUT2D eigenvalue weighted by atomic mass is 16.2. The Morgan fingerprint density at radius 3 is 2.29 bits per heavy atom. The van der Waals surface area contributed by atoms with Gasteiger partial charge in [-0.25, -0.2) is 9.97 Å². The summed E-state index contributed by atoms with van der Waals surface area (Å²) in [7, 11) is 0. The van der Waals surface area contributed by atoms with E-state index >= 15 is 0 Å². The van der Waals surface area contributed by atoms with Crippen LogP contribution >= 0.6 is 0 Å². The summed E-state index contributed by atoms with van der Waals surface area (Å²) in [5.41, 5.74) is 10.4. The van der Waals surface area contributed by atoms with Gasteiger partial charge in [-0.2, -0.15) is 0 Å². The molecule has 0 spiro atoms. The van der Waals surface area contributed by atoms with Crippen LogP contribution in [0.4, 0.5) is 11.6 Å². The summed E-state index contributed by atoms with van der Waals surface area (Å²) in [5.74, 6) is 0.604. The van der Waals surface area contributed by atoms with Crippen LogP contribution in [-0.4, -0.2) is 41.4 Å². The van der Waals surface area contributed by atoms with Crippen molar-refractivity contribution in [2.24, 2.45) is 11.5 Å². The maximum atomic E-state index is 11.1. The van der Waals surface area contributed by atoms with Crippen molar-refractivity contribution in [2.75, 3.05) is 29.9 Å². The second-order valence-electron chi connectivity index (χ2n) is 4.60. The maximum Gasteiger partial charge on any atom is 0.237 e. The number of nitrogens with zero attached hydrogens (tertiary/aromatic N) is 3. The Morgan fingerprint density at radius 2 is 1.81 bits per heavy atom. The molecule has 0 fully saturated rings. The first-order valence-corrected chi connectivity index (χ1v) is 6.89. The van der Waals surface area contributed by atoms with E-state index in [0.29, 0.717) is 23.9 Å². The van der Waals surface area contributed by atoms with Gasteiger partial charge in [-0.05, 0) is 6.42 Å². The number of hydrogen-bond acceptors (Lipinski definition) is 6. The Balaban J connectivity index is 3.08. The minimum absolute atomic E-state index is 0.129. The summed E-state index contributed by atoms with van der Waals surface area (Å²) in [5, 5.41) is 3.16. The fraction of sp³-hybridized carbons (Fsp3) is 0.538. The average molecular weight is 294 g/mol. The smallest absolute Gasteiger partial charge is 0.237 e. The summed E-state index contributed by atoms with van der Waals surface area (Å²) < 4.78 is 0. The van der Waals surface area contributed by atoms with Gasteiger partial charge in [0.05, 0.1) is 13.1 Å². The van der Waals surface area contributed by atoms with Crippen molar-refractivity contribution < 1.29 is 9.59 Å². The van der Waals surface area contributed by atoms with Gasteiger partial charge in [-0.15, -0.1) is 0 Å². The molecular formula is C13H22N6O2. The molecule has 0 bridgehead atoms. The normalized spacial score (nSPS) is 10.2. The highest BCUT2D eigenvalue weighted by Gasteiger charge is 2.15. The minimum atomic E-state index is -0.559. The Bertz CT molecular complexity index is 489. The van der Waals surface area contributed by atoms with Crippen molar-refractivity contribution in [3.05, 3.63) is 11.9 Å². The molecule has 0 saturated carbocycles. The lowest BCUT2D eigenvalue weighted by Crippen LogP contribution is -2.40. The number of hydrogen-bond donors (Lipinski definition) is 3. The molecule has 0 aliphatic rings. The molecule has 5 N–H and O–H groups in total. The van der Waals surface area contributed by atoms with Crippen LogP contribution in [-0.2, 0) is 16.0 Å². The van der Waals surface area contributed by atoms with Crippen LogP contribution in [0.15, 0.2) is 6.07 Å². The number of nitrogens with two attached hydrogens (primary N) is 2. The van der Waals surface area contributed by atoms with Gasteiger partial charge >= 0.3 is 0 Å². The number of primary amides is 2. The molecule has 0 unspecified atom stereocenters. The predicted molar refractivity (Wildman–Crippen MR) is 80.8 cm³/mol. The second-order valence-corrected chi connectivity index (χ2v) is 4.60. The molecule has 0 aromatic carbocycles. The first kappa shape index (κ1) is 16.7. The Morgan fingerprint density at radius 1 is 1.19 bits per heavy atom. The van der Waals surface area contributed by atoms with E-state index in [0.717, 1.165) is 13.0 Å². The summed E-state index contributed by atoms with van der Waals surface area (Å²) in [6.45, 7) is 4.48. The molecule has 1 aromatic heterocycles. The monoisotopic (exact) mass is 294 g/mol. The van der Waals surface area contributed by atoms with E-state index in [1.165, 1.54) is 4.90 Å². The van der Waals surface area contributed by atoms with E-state index in [9.17, 15) is 9.59 Å². The fourth-order valence-corrected chi connectivity index (χ4v) is 1.74. The molecule has 0 saturated heterocycles. The van der Waals surface area contributed by atoms with Gasteiger partial charge in [0.25, 0.3) is 0 Å². The molecule has 1 rings (SSSR count). The van der Waals surface area contributed by atoms with Crippen molar-refractivity contribution in [1.82, 2.24) is 9.97 Å². The van der Waals surface area contributed by atoms with Gasteiger partial charge in [-0.3, -0.25) is 9.59 Å². The van der Waals surface area contributed by atoms with Crippen LogP contribution in [0.5, 0.6) is 0 Å². The van der Waals surface area contributed by atoms with E-state index in [4.69, 9.17) is 11.5 Å². The molecule has 1 heterocycles. The van der Waals surface area contributed by atoms with Crippen LogP contribution < -0.4 is 21.7 Å². The van der Waals surface area contributed by atoms with Crippen LogP contribution in [0.3, 0.4) is 0 Å². The standard InChI is InChI=1S/C13H22N6O2/c1-3-5-16-12-6-13(18-11(4-2)17-12)19(7-9(14)20)8-10(15)21/h6H,3-5,7-8H2,1-2H3,(H2,14,20)(H2,15,21)(H,16,17,18). The summed E-state index contributed by atoms with van der Waals surface area (Å²) in [4.78, 5) is 32.4. The molecule has 0 atom stereocenters. The molecule has 21 heavy (non-hydrogen) atoms. The van der Waals surface area contributed by atoms with Crippen molar-refractivity contribution in [2.45, 2.75) is 26.7 Å². The Hall–Kier alpha value is -2.38. The van der Waals surface area contributed by atoms with E-state index in [2.05, 4.69) is 15.3 Å². The molecule has 0 aliphatic heterocycles. The number of carbonyl (C=O) groups excluding carboxylic acids is 2. The lowest BCUT2D eigenvalue weighted by atomic mass is 10.3. The number of aromatic nitrogens is 2. The topological polar surface area (TPSA) is 127 Å². The van der Waals surface area contributed by atoms with E-state index in [-0.39, 0.29) is 13.1 Å². The van der Waals surface area contributed by atoms with Crippen LogP contribution in [0.2, 0.25) is 0 Å². The van der Waals surface area contributed by atoms with Crippen molar-refractivity contribution >= 4 is 23.5 Å². The van der Waals surface area contributed by atoms with Crippen LogP contribution in [0, 0.1) is 0 Å². The molecule has 0 aliphatic carbocycles. The average Bonchev–Trinajstić information content (AvgIpc) is 2.43. The van der Waals surface area contributed by atoms with Gasteiger partial charge in [0.15, 0.2) is 0 Å². The second kappa shape index (κ2) is 8.03. The molecule has 8 nitrogen and oxygen atoms in total. The van der Waals surface area contributed by atoms with Crippen LogP contribution in [0.25, 0.3) is 0 Å². The van der Waals surface area contributed by atoms with Crippen molar-refractivity contribution in [3.63, 3.8) is 0 Å². The highest BCUT2D eigenvalue weighted by molar-refractivity contribution is 5.84. The van der Waals surface area contributed by atoms with Gasteiger partial charge < -0.3 is 21.7 Å². The zero-order valence-electron chi connectivity index (χ0n) is 12.4. The van der Waals surface area contributed by atoms with Gasteiger partial charge in [0.2, 0.25) is 11.8 Å². The number of aryl methyl sites for hydroxylation is 1. The molecule has 1 aromatic rings. The first-order valence-electron chi connectivity index (χ1n) is 6.89. The third-order valence-electron chi connectivity index (χ3n) is 2.65. The lowest BCUT2D eigenvalue weighted by molar-refractivity contribution is -0.117. The highest BCUT2D eigenvalue weighted by Crippen LogP contribution is 2.16. The summed E-state index contributed by atoms with van der Waals surface area (Å²) in [6, 6.07) is 1.68. The summed E-state index contributed by atoms with van der Waals surface area (Å²) in [6.07, 6.45) is 1.59. The minimum Gasteiger partial charge on any atom is -0.370 e. The zero-order valence-corrected chi connectivity index (χ0v) is 12.4. The number of anilines is 2. The number of carbonyl (C=O) groups is 2. The first-order chi connectivity index (χ1) is 9.96. The van der Waals surface area contributed by atoms with Crippen molar-refractivity contribution in [1.29, 1.82) is 0 Å². The van der Waals surface area contributed by atoms with E-state index < -0.39 is 11.8 Å². The third kappa shape index (κ3) is 5.64. The van der Waals surface area contributed by atoms with Crippen LogP contribution in [0.1, 0.15) is 26.1 Å². The zero-order chi connectivity index (χ0) is 15.8. The molecule has 116 valence electrons. The Kier molecular flexibility index (Phi) is 6.38. The quantitative estimate of drug-likeness (QED) is 0.570. The molecular weight excluding hydrogens is 272 g/mol. The van der Waals surface area contributed by atoms with Crippen molar-refractivity contribution in [3.8, 4) is 0 Å².